The van der Waals surface area contributed by atoms with Gasteiger partial charge in [-0.1, -0.05) is 0 Å². The van der Waals surface area contributed by atoms with Crippen LogP contribution in [-0.4, -0.2) is 140 Å². The van der Waals surface area contributed by atoms with Crippen molar-refractivity contribution in [3.63, 3.8) is 0 Å². The summed E-state index contributed by atoms with van der Waals surface area (Å²) in [5, 5.41) is 38.6. The zero-order valence-electron chi connectivity index (χ0n) is 25.4. The van der Waals surface area contributed by atoms with Gasteiger partial charge in [0.2, 0.25) is 5.91 Å². The number of piperidine rings is 1. The van der Waals surface area contributed by atoms with Crippen LogP contribution < -0.4 is 16.0 Å². The fraction of sp³-hybridized carbons (Fsp3) is 0.967. The van der Waals surface area contributed by atoms with Crippen molar-refractivity contribution in [1.29, 1.82) is 0 Å². The maximum Gasteiger partial charge on any atom is 0.223 e. The molecule has 0 radical (unpaired) electrons. The molecule has 0 aromatic carbocycles. The van der Waals surface area contributed by atoms with Crippen LogP contribution in [0, 0.1) is 23.2 Å². The van der Waals surface area contributed by atoms with E-state index in [9.17, 15) is 20.1 Å². The van der Waals surface area contributed by atoms with Crippen LogP contribution in [0.15, 0.2) is 0 Å². The molecule has 3 heterocycles. The number of hydrogen-bond acceptors (Lipinski definition) is 9. The average Bonchev–Trinajstić information content (AvgIpc) is 3.49. The van der Waals surface area contributed by atoms with E-state index in [4.69, 9.17) is 16.3 Å². The summed E-state index contributed by atoms with van der Waals surface area (Å²) in [5.41, 5.74) is -0.985. The van der Waals surface area contributed by atoms with Crippen LogP contribution in [0.3, 0.4) is 0 Å². The van der Waals surface area contributed by atoms with E-state index in [1.807, 2.05) is 0 Å². The number of aliphatic hydroxyl groups excluding tert-OH is 3. The van der Waals surface area contributed by atoms with Crippen LogP contribution in [0.25, 0.3) is 0 Å². The number of nitrogens with one attached hydrogen (secondary N) is 3. The molecule has 10 nitrogen and oxygen atoms in total. The van der Waals surface area contributed by atoms with E-state index in [1.165, 1.54) is 0 Å². The van der Waals surface area contributed by atoms with Gasteiger partial charge in [0, 0.05) is 77.6 Å². The van der Waals surface area contributed by atoms with Crippen LogP contribution in [0.2, 0.25) is 0 Å². The van der Waals surface area contributed by atoms with E-state index in [0.29, 0.717) is 32.2 Å². The monoisotopic (exact) mass is 637 g/mol. The van der Waals surface area contributed by atoms with Crippen molar-refractivity contribution in [3.05, 3.63) is 0 Å². The molecule has 13 heteroatoms. The Bertz CT molecular complexity index is 812. The predicted octanol–water partition coefficient (Wildman–Crippen LogP) is 0.825. The van der Waals surface area contributed by atoms with Crippen molar-refractivity contribution in [1.82, 2.24) is 25.8 Å². The Labute approximate surface area is 260 Å². The molecule has 1 saturated carbocycles. The highest BCUT2D eigenvalue weighted by Gasteiger charge is 2.41. The molecule has 43 heavy (non-hydrogen) atoms. The first kappa shape index (κ1) is 35.2. The number of likely N-dealkylation sites (tertiary alicyclic amines) is 2. The Morgan fingerprint density at radius 3 is 2.23 bits per heavy atom. The van der Waals surface area contributed by atoms with Gasteiger partial charge >= 0.3 is 0 Å². The number of nitrogens with zero attached hydrogens (tertiary/aromatic N) is 2. The van der Waals surface area contributed by atoms with Crippen LogP contribution in [0.5, 0.6) is 0 Å². The molecule has 250 valence electrons. The fourth-order valence-corrected chi connectivity index (χ4v) is 7.16. The lowest BCUT2D eigenvalue weighted by Crippen LogP contribution is -2.62. The van der Waals surface area contributed by atoms with E-state index in [-0.39, 0.29) is 69.1 Å². The second kappa shape index (κ2) is 17.3. The van der Waals surface area contributed by atoms with Crippen LogP contribution in [0.1, 0.15) is 51.4 Å². The van der Waals surface area contributed by atoms with E-state index in [2.05, 4.69) is 20.9 Å². The van der Waals surface area contributed by atoms with Crippen molar-refractivity contribution < 1.29 is 33.6 Å². The molecule has 6 N–H and O–H groups in total. The second-order valence-corrected chi connectivity index (χ2v) is 14.0. The molecule has 3 atom stereocenters. The third-order valence-electron chi connectivity index (χ3n) is 10.1. The van der Waals surface area contributed by atoms with E-state index in [0.717, 1.165) is 58.3 Å². The number of ether oxygens (including phenoxy) is 1. The van der Waals surface area contributed by atoms with Gasteiger partial charge in [-0.15, -0.1) is 11.6 Å². The maximum absolute atomic E-state index is 15.1. The largest absolute Gasteiger partial charge is 0.396 e. The van der Waals surface area contributed by atoms with Crippen LogP contribution >= 0.6 is 11.6 Å². The molecule has 3 aliphatic heterocycles. The first-order chi connectivity index (χ1) is 20.8. The van der Waals surface area contributed by atoms with Gasteiger partial charge in [-0.3, -0.25) is 20.3 Å². The summed E-state index contributed by atoms with van der Waals surface area (Å²) in [7, 11) is 0. The van der Waals surface area contributed by atoms with Gasteiger partial charge in [0.25, 0.3) is 0 Å². The van der Waals surface area contributed by atoms with Gasteiger partial charge in [-0.25, -0.2) is 8.78 Å². The third kappa shape index (κ3) is 10.1. The number of carbonyl (C=O) groups excluding carboxylic acids is 1. The fourth-order valence-electron chi connectivity index (χ4n) is 6.99. The number of rotatable bonds is 15. The molecule has 1 amide bonds. The maximum atomic E-state index is 15.1. The number of aliphatic hydroxyl groups is 3. The van der Waals surface area contributed by atoms with E-state index >= 15 is 8.78 Å². The number of hydrogen-bond donors (Lipinski definition) is 6. The third-order valence-corrected chi connectivity index (χ3v) is 10.4. The van der Waals surface area contributed by atoms with Crippen molar-refractivity contribution in [3.8, 4) is 0 Å². The minimum absolute atomic E-state index is 0.130. The average molecular weight is 638 g/mol. The summed E-state index contributed by atoms with van der Waals surface area (Å²) in [6, 6.07) is 0. The van der Waals surface area contributed by atoms with Gasteiger partial charge in [-0.05, 0) is 50.5 Å². The van der Waals surface area contributed by atoms with Gasteiger partial charge in [0.15, 0.2) is 0 Å². The summed E-state index contributed by atoms with van der Waals surface area (Å²) in [4.78, 5) is 17.0. The summed E-state index contributed by atoms with van der Waals surface area (Å²) in [6.45, 7) is 5.08. The number of alkyl halides is 3. The minimum Gasteiger partial charge on any atom is -0.396 e. The first-order valence-corrected chi connectivity index (χ1v) is 16.7. The van der Waals surface area contributed by atoms with Crippen LogP contribution in [0.4, 0.5) is 8.78 Å². The van der Waals surface area contributed by atoms with E-state index < -0.39 is 29.8 Å². The lowest BCUT2D eigenvalue weighted by atomic mass is 9.81. The minimum atomic E-state index is -1.40. The predicted molar refractivity (Wildman–Crippen MR) is 161 cm³/mol. The summed E-state index contributed by atoms with van der Waals surface area (Å²) in [6.07, 6.45) is 2.07. The summed E-state index contributed by atoms with van der Waals surface area (Å²) >= 11 is 6.15. The standard InChI is InChI=1S/C30H54ClF2N5O5/c31-23-14-35-29(36-15-23)37-6-3-21(4-7-37)2-1-9-43-24-10-26(32)25(27(33)11-24)12-28(42)38-8-5-22(16-38)13-34-17-30(18-39,19-40)20-41/h21-27,29,34-36,39-41H,1-20H2/t22-,23?,24?,25?,26?,27?,29?/m0/s1. The first-order valence-electron chi connectivity index (χ1n) is 16.3. The molecule has 0 aromatic heterocycles. The van der Waals surface area contributed by atoms with Gasteiger partial charge in [0.05, 0.1) is 36.7 Å². The molecular formula is C30H54ClF2N5O5. The van der Waals surface area contributed by atoms with Crippen molar-refractivity contribution >= 4 is 17.5 Å². The smallest absolute Gasteiger partial charge is 0.223 e. The Balaban J connectivity index is 1.08. The molecule has 4 aliphatic rings. The quantitative estimate of drug-likeness (QED) is 0.114. The lowest BCUT2D eigenvalue weighted by Gasteiger charge is -2.41. The molecule has 0 bridgehead atoms. The molecule has 4 rings (SSSR count). The highest BCUT2D eigenvalue weighted by atomic mass is 35.5. The summed E-state index contributed by atoms with van der Waals surface area (Å²) in [5.74, 6) is -0.332. The van der Waals surface area contributed by atoms with Crippen molar-refractivity contribution in [2.45, 2.75) is 81.5 Å². The topological polar surface area (TPSA) is 130 Å². The molecule has 2 unspecified atom stereocenters. The molecule has 0 aromatic rings. The van der Waals surface area contributed by atoms with Gasteiger partial charge in [0.1, 0.15) is 18.6 Å². The normalized spacial score (nSPS) is 33.3. The zero-order valence-corrected chi connectivity index (χ0v) is 26.2. The second-order valence-electron chi connectivity index (χ2n) is 13.4. The Hall–Kier alpha value is -0.700. The highest BCUT2D eigenvalue weighted by Crippen LogP contribution is 2.35. The molecule has 4 fully saturated rings. The molecule has 1 aliphatic carbocycles. The van der Waals surface area contributed by atoms with Gasteiger partial charge in [-0.2, -0.15) is 0 Å². The zero-order chi connectivity index (χ0) is 30.8. The lowest BCUT2D eigenvalue weighted by molar-refractivity contribution is -0.134. The Morgan fingerprint density at radius 1 is 0.977 bits per heavy atom. The number of halogens is 3. The molecule has 3 saturated heterocycles. The van der Waals surface area contributed by atoms with Crippen LogP contribution in [-0.2, 0) is 9.53 Å². The van der Waals surface area contributed by atoms with Crippen molar-refractivity contribution in [2.24, 2.45) is 23.2 Å². The Morgan fingerprint density at radius 2 is 1.60 bits per heavy atom. The summed E-state index contributed by atoms with van der Waals surface area (Å²) < 4.78 is 36.1. The number of carbonyl (C=O) groups is 1. The van der Waals surface area contributed by atoms with Crippen molar-refractivity contribution in [2.75, 3.05) is 78.8 Å². The van der Waals surface area contributed by atoms with Gasteiger partial charge < -0.3 is 30.3 Å². The highest BCUT2D eigenvalue weighted by molar-refractivity contribution is 6.21. The van der Waals surface area contributed by atoms with E-state index in [1.54, 1.807) is 4.90 Å². The molecule has 0 spiro atoms. The Kier molecular flexibility index (Phi) is 14.1. The molecular weight excluding hydrogens is 584 g/mol. The number of amides is 1. The SMILES string of the molecule is O=C(CC1C(F)CC(OCCCC2CCN(C3NCC(Cl)CN3)CC2)CC1F)N1CC[C@@H](CNCC(CO)(CO)CO)C1.